The second-order valence-electron chi connectivity index (χ2n) is 8.44. The van der Waals surface area contributed by atoms with E-state index in [0.717, 1.165) is 37.0 Å². The summed E-state index contributed by atoms with van der Waals surface area (Å²) in [6, 6.07) is 11.3. The van der Waals surface area contributed by atoms with Crippen molar-refractivity contribution in [3.05, 3.63) is 59.5 Å². The topological polar surface area (TPSA) is 62.6 Å². The lowest BCUT2D eigenvalue weighted by Gasteiger charge is -2.50. The first-order chi connectivity index (χ1) is 13.5. The lowest BCUT2D eigenvalue weighted by molar-refractivity contribution is -0.126. The first-order valence-corrected chi connectivity index (χ1v) is 10.2. The number of rotatable bonds is 5. The predicted molar refractivity (Wildman–Crippen MR) is 107 cm³/mol. The Labute approximate surface area is 166 Å². The summed E-state index contributed by atoms with van der Waals surface area (Å²) in [6.45, 7) is 5.29. The van der Waals surface area contributed by atoms with Crippen LogP contribution < -0.4 is 5.32 Å². The van der Waals surface area contributed by atoms with E-state index in [4.69, 9.17) is 4.42 Å². The third kappa shape index (κ3) is 3.13. The maximum atomic E-state index is 13.5. The van der Waals surface area contributed by atoms with Crippen molar-refractivity contribution in [3.8, 4) is 0 Å². The van der Waals surface area contributed by atoms with Gasteiger partial charge in [-0.15, -0.1) is 0 Å². The summed E-state index contributed by atoms with van der Waals surface area (Å²) in [5.41, 5.74) is 1.10. The molecule has 0 radical (unpaired) electrons. The van der Waals surface area contributed by atoms with Gasteiger partial charge in [0.05, 0.1) is 24.3 Å². The second kappa shape index (κ2) is 7.46. The van der Waals surface area contributed by atoms with Crippen LogP contribution >= 0.6 is 0 Å². The Morgan fingerprint density at radius 3 is 2.64 bits per heavy atom. The maximum Gasteiger partial charge on any atom is 0.254 e. The van der Waals surface area contributed by atoms with E-state index < -0.39 is 5.54 Å². The minimum atomic E-state index is -0.428. The van der Waals surface area contributed by atoms with Gasteiger partial charge in [-0.3, -0.25) is 9.59 Å². The summed E-state index contributed by atoms with van der Waals surface area (Å²) in [7, 11) is 0. The average Bonchev–Trinajstić information content (AvgIpc) is 3.36. The smallest absolute Gasteiger partial charge is 0.254 e. The molecule has 1 atom stereocenters. The van der Waals surface area contributed by atoms with Crippen LogP contribution in [0, 0.1) is 5.92 Å². The van der Waals surface area contributed by atoms with Crippen LogP contribution in [-0.4, -0.2) is 28.8 Å². The zero-order chi connectivity index (χ0) is 19.7. The first-order valence-electron chi connectivity index (χ1n) is 10.2. The summed E-state index contributed by atoms with van der Waals surface area (Å²) in [5, 5.41) is 3.06. The molecule has 2 aliphatic rings. The molecule has 2 heterocycles. The van der Waals surface area contributed by atoms with Crippen LogP contribution in [0.25, 0.3) is 0 Å². The molecule has 0 saturated heterocycles. The Kier molecular flexibility index (Phi) is 5.00. The maximum absolute atomic E-state index is 13.5. The van der Waals surface area contributed by atoms with E-state index in [1.807, 2.05) is 41.3 Å². The average molecular weight is 380 g/mol. The summed E-state index contributed by atoms with van der Waals surface area (Å²) in [6.07, 6.45) is 5.45. The molecule has 1 N–H and O–H groups in total. The number of amides is 2. The minimum absolute atomic E-state index is 0.0213. The van der Waals surface area contributed by atoms with Crippen LogP contribution in [0.4, 0.5) is 0 Å². The molecule has 2 amide bonds. The van der Waals surface area contributed by atoms with Gasteiger partial charge in [-0.2, -0.15) is 0 Å². The lowest BCUT2D eigenvalue weighted by atomic mass is 9.70. The van der Waals surface area contributed by atoms with Gasteiger partial charge in [-0.1, -0.05) is 44.9 Å². The molecule has 0 bridgehead atoms. The number of carbonyl (C=O) groups is 2. The van der Waals surface area contributed by atoms with Gasteiger partial charge in [0.25, 0.3) is 5.91 Å². The van der Waals surface area contributed by atoms with Crippen molar-refractivity contribution in [3.63, 3.8) is 0 Å². The van der Waals surface area contributed by atoms with Crippen molar-refractivity contribution in [1.29, 1.82) is 0 Å². The highest BCUT2D eigenvalue weighted by Gasteiger charge is 2.55. The molecular weight excluding hydrogens is 352 g/mol. The van der Waals surface area contributed by atoms with Crippen molar-refractivity contribution in [2.24, 2.45) is 5.92 Å². The van der Waals surface area contributed by atoms with E-state index in [1.165, 1.54) is 0 Å². The van der Waals surface area contributed by atoms with Gasteiger partial charge in [0.15, 0.2) is 0 Å². The summed E-state index contributed by atoms with van der Waals surface area (Å²) >= 11 is 0. The van der Waals surface area contributed by atoms with Gasteiger partial charge in [-0.05, 0) is 42.5 Å². The Morgan fingerprint density at radius 2 is 1.96 bits per heavy atom. The monoisotopic (exact) mass is 380 g/mol. The molecule has 1 unspecified atom stereocenters. The van der Waals surface area contributed by atoms with E-state index in [0.29, 0.717) is 24.6 Å². The SMILES string of the molecule is CC(C)CN1C(=O)c2ccccc2C(C(=O)NCc2ccco2)C12CCCC2. The predicted octanol–water partition coefficient (Wildman–Crippen LogP) is 4.10. The van der Waals surface area contributed by atoms with Gasteiger partial charge in [0, 0.05) is 12.1 Å². The molecule has 1 aromatic heterocycles. The molecule has 4 rings (SSSR count). The summed E-state index contributed by atoms with van der Waals surface area (Å²) in [5.74, 6) is 0.775. The van der Waals surface area contributed by atoms with E-state index in [1.54, 1.807) is 6.26 Å². The molecule has 28 heavy (non-hydrogen) atoms. The minimum Gasteiger partial charge on any atom is -0.467 e. The van der Waals surface area contributed by atoms with Crippen LogP contribution in [0.15, 0.2) is 47.1 Å². The number of hydrogen-bond acceptors (Lipinski definition) is 3. The standard InChI is InChI=1S/C23H28N2O3/c1-16(2)15-25-22(27)19-10-4-3-9-18(19)20(23(25)11-5-6-12-23)21(26)24-14-17-8-7-13-28-17/h3-4,7-10,13,16,20H,5-6,11-12,14-15H2,1-2H3,(H,24,26). The van der Waals surface area contributed by atoms with E-state index in [-0.39, 0.29) is 17.7 Å². The number of nitrogens with zero attached hydrogens (tertiary/aromatic N) is 1. The van der Waals surface area contributed by atoms with Crippen LogP contribution in [0.3, 0.4) is 0 Å². The molecule has 1 fully saturated rings. The van der Waals surface area contributed by atoms with E-state index in [9.17, 15) is 9.59 Å². The molecule has 1 aliphatic heterocycles. The Hall–Kier alpha value is -2.56. The molecule has 1 aliphatic carbocycles. The highest BCUT2D eigenvalue weighted by molar-refractivity contribution is 6.02. The third-order valence-corrected chi connectivity index (χ3v) is 6.12. The Morgan fingerprint density at radius 1 is 1.21 bits per heavy atom. The zero-order valence-electron chi connectivity index (χ0n) is 16.6. The number of furan rings is 1. The molecule has 1 saturated carbocycles. The molecule has 2 aromatic rings. The highest BCUT2D eigenvalue weighted by Crippen LogP contribution is 2.50. The van der Waals surface area contributed by atoms with Crippen LogP contribution in [0.2, 0.25) is 0 Å². The molecular formula is C23H28N2O3. The van der Waals surface area contributed by atoms with Gasteiger partial charge in [-0.25, -0.2) is 0 Å². The Balaban J connectivity index is 1.74. The largest absolute Gasteiger partial charge is 0.467 e. The molecule has 5 heteroatoms. The van der Waals surface area contributed by atoms with E-state index in [2.05, 4.69) is 19.2 Å². The Bertz CT molecular complexity index is 850. The van der Waals surface area contributed by atoms with Crippen LogP contribution in [0.1, 0.15) is 67.1 Å². The quantitative estimate of drug-likeness (QED) is 0.849. The molecule has 148 valence electrons. The fraction of sp³-hybridized carbons (Fsp3) is 0.478. The van der Waals surface area contributed by atoms with Crippen molar-refractivity contribution in [2.45, 2.75) is 57.5 Å². The van der Waals surface area contributed by atoms with E-state index >= 15 is 0 Å². The fourth-order valence-electron chi connectivity index (χ4n) is 4.99. The first kappa shape index (κ1) is 18.8. The normalized spacial score (nSPS) is 20.6. The van der Waals surface area contributed by atoms with Crippen molar-refractivity contribution < 1.29 is 14.0 Å². The highest BCUT2D eigenvalue weighted by atomic mass is 16.3. The third-order valence-electron chi connectivity index (χ3n) is 6.12. The van der Waals surface area contributed by atoms with Crippen molar-refractivity contribution >= 4 is 11.8 Å². The molecule has 1 aromatic carbocycles. The van der Waals surface area contributed by atoms with Crippen LogP contribution in [0.5, 0.6) is 0 Å². The van der Waals surface area contributed by atoms with Gasteiger partial charge < -0.3 is 14.6 Å². The van der Waals surface area contributed by atoms with Crippen LogP contribution in [-0.2, 0) is 11.3 Å². The molecule has 1 spiro atoms. The summed E-state index contributed by atoms with van der Waals surface area (Å²) < 4.78 is 5.37. The number of carbonyl (C=O) groups excluding carboxylic acids is 2. The van der Waals surface area contributed by atoms with Crippen molar-refractivity contribution in [1.82, 2.24) is 10.2 Å². The number of nitrogens with one attached hydrogen (secondary N) is 1. The fourth-order valence-corrected chi connectivity index (χ4v) is 4.99. The second-order valence-corrected chi connectivity index (χ2v) is 8.44. The number of hydrogen-bond donors (Lipinski definition) is 1. The number of fused-ring (bicyclic) bond motifs is 1. The lowest BCUT2D eigenvalue weighted by Crippen LogP contribution is -2.61. The summed E-state index contributed by atoms with van der Waals surface area (Å²) in [4.78, 5) is 28.9. The van der Waals surface area contributed by atoms with Gasteiger partial charge in [0.2, 0.25) is 5.91 Å². The number of benzene rings is 1. The van der Waals surface area contributed by atoms with Gasteiger partial charge >= 0.3 is 0 Å². The zero-order valence-corrected chi connectivity index (χ0v) is 16.6. The van der Waals surface area contributed by atoms with Gasteiger partial charge in [0.1, 0.15) is 5.76 Å². The van der Waals surface area contributed by atoms with Crippen molar-refractivity contribution in [2.75, 3.05) is 6.54 Å². The molecule has 5 nitrogen and oxygen atoms in total.